The van der Waals surface area contributed by atoms with Gasteiger partial charge in [-0.3, -0.25) is 24.3 Å². The maximum atomic E-state index is 14.2. The van der Waals surface area contributed by atoms with Crippen LogP contribution in [0.1, 0.15) is 70.9 Å². The van der Waals surface area contributed by atoms with Crippen LogP contribution in [-0.2, 0) is 41.3 Å². The van der Waals surface area contributed by atoms with Crippen LogP contribution in [0.25, 0.3) is 5.69 Å². The third-order valence-corrected chi connectivity index (χ3v) is 10.3. The maximum Gasteiger partial charge on any atom is 0.416 e. The number of carbonyl (C=O) groups excluding carboxylic acids is 2. The number of aliphatic carboxylic acids is 1. The lowest BCUT2D eigenvalue weighted by Gasteiger charge is -2.12. The average molecular weight is 941 g/mol. The predicted molar refractivity (Wildman–Crippen MR) is 198 cm³/mol. The number of ether oxygens (including phenoxy) is 1. The Morgan fingerprint density at radius 2 is 1.77 bits per heavy atom. The molecule has 0 saturated heterocycles. The number of rotatable bonds is 14. The Balaban J connectivity index is 0.000000263. The summed E-state index contributed by atoms with van der Waals surface area (Å²) in [5, 5.41) is 16.1. The van der Waals surface area contributed by atoms with Crippen LogP contribution >= 0.6 is 30.8 Å². The van der Waals surface area contributed by atoms with Gasteiger partial charge in [-0.05, 0) is 62.6 Å². The molecule has 2 aromatic heterocycles. The molecule has 5 rings (SSSR count). The van der Waals surface area contributed by atoms with Gasteiger partial charge in [-0.2, -0.15) is 26.6 Å². The van der Waals surface area contributed by atoms with E-state index in [1.807, 2.05) is 0 Å². The second kappa shape index (κ2) is 20.3. The number of hydrogen-bond acceptors (Lipinski definition) is 12. The number of aryl methyl sites for hydroxylation is 1. The third kappa shape index (κ3) is 13.7. The molecule has 60 heavy (non-hydrogen) atoms. The monoisotopic (exact) mass is 939 g/mol. The highest BCUT2D eigenvalue weighted by molar-refractivity contribution is 7.90. The first-order chi connectivity index (χ1) is 27.7. The Morgan fingerprint density at radius 1 is 1.13 bits per heavy atom. The fourth-order valence-electron chi connectivity index (χ4n) is 4.97. The molecule has 1 aliphatic carbocycles. The fourth-order valence-corrected chi connectivity index (χ4v) is 6.73. The summed E-state index contributed by atoms with van der Waals surface area (Å²) in [4.78, 5) is 61.8. The minimum atomic E-state index is -4.71. The summed E-state index contributed by atoms with van der Waals surface area (Å²) in [6.45, 7) is -0.635. The molecule has 4 N–H and O–H groups in total. The molecule has 0 bridgehead atoms. The van der Waals surface area contributed by atoms with Crippen LogP contribution in [0, 0.1) is 12.7 Å². The van der Waals surface area contributed by atoms with Gasteiger partial charge in [0, 0.05) is 29.2 Å². The molecule has 2 heterocycles. The molecule has 17 nitrogen and oxygen atoms in total. The Labute approximate surface area is 345 Å². The molecular weight excluding hydrogens is 906 g/mol. The van der Waals surface area contributed by atoms with Crippen molar-refractivity contribution in [3.05, 3.63) is 91.7 Å². The molecule has 330 valence electrons. The van der Waals surface area contributed by atoms with Crippen LogP contribution in [0.2, 0.25) is 5.02 Å². The van der Waals surface area contributed by atoms with Crippen molar-refractivity contribution in [1.29, 1.82) is 0 Å². The smallest absolute Gasteiger partial charge is 0.416 e. The van der Waals surface area contributed by atoms with Crippen LogP contribution in [0.3, 0.4) is 0 Å². The van der Waals surface area contributed by atoms with E-state index in [4.69, 9.17) is 47.4 Å². The highest BCUT2D eigenvalue weighted by Gasteiger charge is 2.36. The van der Waals surface area contributed by atoms with Gasteiger partial charge in [-0.15, -0.1) is 16.7 Å². The Hall–Kier alpha value is -4.58. The van der Waals surface area contributed by atoms with Gasteiger partial charge in [-0.25, -0.2) is 22.2 Å². The normalized spacial score (nSPS) is 13.5. The number of nitrogens with zero attached hydrogens (tertiary/aromatic N) is 4. The van der Waals surface area contributed by atoms with E-state index in [9.17, 15) is 58.5 Å². The summed E-state index contributed by atoms with van der Waals surface area (Å²) in [7, 11) is -8.14. The minimum absolute atomic E-state index is 0.0424. The minimum Gasteiger partial charge on any atom is -0.480 e. The maximum absolute atomic E-state index is 14.2. The molecule has 0 amide bonds. The molecular formula is C33H34Cl2F6N5O12PS. The topological polar surface area (TPSA) is 250 Å². The second-order valence-electron chi connectivity index (χ2n) is 12.5. The molecule has 1 atom stereocenters. The molecule has 0 aliphatic heterocycles. The van der Waals surface area contributed by atoms with Gasteiger partial charge in [0.05, 0.1) is 41.7 Å². The van der Waals surface area contributed by atoms with Crippen molar-refractivity contribution in [2.75, 3.05) is 25.7 Å². The van der Waals surface area contributed by atoms with E-state index < -0.39 is 88.1 Å². The molecule has 0 spiro atoms. The van der Waals surface area contributed by atoms with Gasteiger partial charge in [0.2, 0.25) is 0 Å². The highest BCUT2D eigenvalue weighted by Crippen LogP contribution is 2.42. The number of ketones is 1. The number of halogens is 8. The quantitative estimate of drug-likeness (QED) is 0.0415. The van der Waals surface area contributed by atoms with Gasteiger partial charge in [0.1, 0.15) is 16.9 Å². The number of hydrogen-bond donors (Lipinski definition) is 4. The van der Waals surface area contributed by atoms with Crippen molar-refractivity contribution in [3.8, 4) is 5.69 Å². The lowest BCUT2D eigenvalue weighted by Crippen LogP contribution is -2.25. The molecule has 27 heteroatoms. The Bertz CT molecular complexity index is 2440. The van der Waals surface area contributed by atoms with Crippen molar-refractivity contribution in [3.63, 3.8) is 0 Å². The third-order valence-electron chi connectivity index (χ3n) is 7.80. The number of alkyl halides is 6. The van der Waals surface area contributed by atoms with Crippen molar-refractivity contribution >= 4 is 58.4 Å². The SMILES string of the molecule is CCOC(=O)C(Cl)Cc1cc(-n2nc(C)n(C(F)F)c2=O)c(F)cc1Cl.CS(=O)(=O)c1cc(C(F)(F)F)ccc1C(=O)c1cnoc1C1CC1.O=C(O)CNCP(=O)(O)O. The van der Waals surface area contributed by atoms with Gasteiger partial charge >= 0.3 is 37.9 Å². The lowest BCUT2D eigenvalue weighted by atomic mass is 10.0. The van der Waals surface area contributed by atoms with Gasteiger partial charge in [0.15, 0.2) is 27.2 Å². The number of carboxylic acid groups (broad SMARTS) is 1. The molecule has 4 aromatic rings. The van der Waals surface area contributed by atoms with Crippen molar-refractivity contribution in [1.82, 2.24) is 24.8 Å². The first-order valence-electron chi connectivity index (χ1n) is 16.8. The number of benzene rings is 2. The van der Waals surface area contributed by atoms with E-state index in [1.54, 1.807) is 6.92 Å². The van der Waals surface area contributed by atoms with E-state index in [1.165, 1.54) is 13.1 Å². The number of sulfone groups is 1. The number of carboxylic acids is 1. The second-order valence-corrected chi connectivity index (χ2v) is 17.1. The molecule has 1 saturated carbocycles. The molecule has 1 fully saturated rings. The highest BCUT2D eigenvalue weighted by atomic mass is 35.5. The first kappa shape index (κ1) is 49.8. The van der Waals surface area contributed by atoms with Crippen LogP contribution in [0.4, 0.5) is 26.3 Å². The predicted octanol–water partition coefficient (Wildman–Crippen LogP) is 5.24. The van der Waals surface area contributed by atoms with Crippen molar-refractivity contribution in [2.24, 2.45) is 0 Å². The number of nitrogens with one attached hydrogen (secondary N) is 1. The standard InChI is InChI=1S/C15H14Cl2F3N3O3.C15H12F3NO4S.C3H8NO5P/c1-3-26-13(24)10(17)4-8-5-12(11(18)6-9(8)16)23-15(25)22(14(19)20)7(2)21-23;1-24(21,22)12-6-9(15(16,17)18)4-5-10(12)13(20)11-7-19-23-14(11)8-2-3-8;5-3(6)1-4-2-10(7,8)9/h5-6,10,14H,3-4H2,1-2H3;4-8H,2-3H2,1H3;4H,1-2H2,(H,5,6)(H2,7,8,9). The number of esters is 1. The molecule has 1 unspecified atom stereocenters. The van der Waals surface area contributed by atoms with Crippen molar-refractivity contribution in [2.45, 2.75) is 62.0 Å². The summed E-state index contributed by atoms with van der Waals surface area (Å²) in [6, 6.07) is 4.07. The van der Waals surface area contributed by atoms with Gasteiger partial charge < -0.3 is 24.2 Å². The molecule has 2 aromatic carbocycles. The van der Waals surface area contributed by atoms with Crippen LogP contribution in [0.5, 0.6) is 0 Å². The summed E-state index contributed by atoms with van der Waals surface area (Å²) in [5.74, 6) is -3.39. The zero-order valence-electron chi connectivity index (χ0n) is 31.1. The summed E-state index contributed by atoms with van der Waals surface area (Å²) in [6.07, 6.45) is -1.86. The van der Waals surface area contributed by atoms with Crippen LogP contribution < -0.4 is 11.0 Å². The lowest BCUT2D eigenvalue weighted by molar-refractivity contribution is -0.142. The summed E-state index contributed by atoms with van der Waals surface area (Å²) in [5.41, 5.74) is -2.74. The number of carbonyl (C=O) groups is 3. The largest absolute Gasteiger partial charge is 0.480 e. The van der Waals surface area contributed by atoms with E-state index >= 15 is 0 Å². The first-order valence-corrected chi connectivity index (χ1v) is 21.3. The Morgan fingerprint density at radius 3 is 2.27 bits per heavy atom. The summed E-state index contributed by atoms with van der Waals surface area (Å²) < 4.78 is 123. The number of aromatic nitrogens is 4. The van der Waals surface area contributed by atoms with Crippen LogP contribution in [-0.4, -0.2) is 91.6 Å². The Kier molecular flexibility index (Phi) is 16.9. The zero-order chi connectivity index (χ0) is 45.5. The summed E-state index contributed by atoms with van der Waals surface area (Å²) >= 11 is 11.9. The van der Waals surface area contributed by atoms with Crippen molar-refractivity contribution < 1.29 is 77.9 Å². The zero-order valence-corrected chi connectivity index (χ0v) is 34.3. The van der Waals surface area contributed by atoms with E-state index in [0.717, 1.165) is 37.3 Å². The van der Waals surface area contributed by atoms with E-state index in [-0.39, 0.29) is 56.7 Å². The molecule has 0 radical (unpaired) electrons. The van der Waals surface area contributed by atoms with Gasteiger partial charge in [-0.1, -0.05) is 16.8 Å². The molecule has 1 aliphatic rings. The van der Waals surface area contributed by atoms with Crippen LogP contribution in [0.15, 0.2) is 50.7 Å². The fraction of sp³-hybridized carbons (Fsp3) is 0.394. The van der Waals surface area contributed by atoms with Gasteiger partial charge in [0.25, 0.3) is 0 Å². The van der Waals surface area contributed by atoms with E-state index in [0.29, 0.717) is 22.6 Å². The van der Waals surface area contributed by atoms with E-state index in [2.05, 4.69) is 15.6 Å². The average Bonchev–Trinajstić information content (AvgIpc) is 3.77.